The highest BCUT2D eigenvalue weighted by atomic mass is 16.3. The van der Waals surface area contributed by atoms with Crippen molar-refractivity contribution >= 4 is 424 Å². The van der Waals surface area contributed by atoms with Gasteiger partial charge in [0.15, 0.2) is 0 Å². The lowest BCUT2D eigenvalue weighted by Crippen LogP contribution is -2.53. The van der Waals surface area contributed by atoms with E-state index in [4.69, 9.17) is 4.42 Å². The van der Waals surface area contributed by atoms with Gasteiger partial charge in [-0.3, -0.25) is 0 Å². The smallest absolute Gasteiger partial charge is 0.145 e. The SMILES string of the molecule is Bc1c(B)c(B)c2c(-c3cc(B)c4oc5c(B)c(-c6c7c(B)c(B)c(B)c(B)c7c(-c7c(B)c(B)c(B)c8c(B)c(B)c(B)c(B)c78)c7c(B)c(B)c(B)c(B)c67)c(B)c(B)c5c4c3B)c(B)c(B)c(B)c2c1B. The van der Waals surface area contributed by atoms with E-state index in [1.807, 2.05) is 0 Å². The van der Waals surface area contributed by atoms with Crippen LogP contribution < -0.4 is 147 Å². The predicted octanol–water partition coefficient (Wildman–Crippen LogP) is -33.8. The van der Waals surface area contributed by atoms with E-state index < -0.39 is 0 Å². The molecule has 74 heavy (non-hydrogen) atoms. The molecule has 0 unspecified atom stereocenters. The van der Waals surface area contributed by atoms with Crippen LogP contribution in [0, 0.1) is 0 Å². The summed E-state index contributed by atoms with van der Waals surface area (Å²) in [5.74, 6) is 0. The number of furan rings is 1. The number of fused-ring (bicyclic) bond motifs is 7. The van der Waals surface area contributed by atoms with Crippen molar-refractivity contribution in [3.63, 3.8) is 0 Å². The molecule has 1 nitrogen and oxygen atoms in total. The Morgan fingerprint density at radius 3 is 0.784 bits per heavy atom. The summed E-state index contributed by atoms with van der Waals surface area (Å²) >= 11 is 0. The molecule has 28 heteroatoms. The van der Waals surface area contributed by atoms with Crippen molar-refractivity contribution in [1.29, 1.82) is 0 Å². The van der Waals surface area contributed by atoms with Gasteiger partial charge in [0, 0.05) is 10.8 Å². The van der Waals surface area contributed by atoms with E-state index >= 15 is 0 Å². The van der Waals surface area contributed by atoms with Crippen LogP contribution in [0.1, 0.15) is 0 Å². The van der Waals surface area contributed by atoms with Gasteiger partial charge in [-0.2, -0.15) is 0 Å². The third-order valence-electron chi connectivity index (χ3n) is 21.2. The minimum absolute atomic E-state index is 1.00. The van der Waals surface area contributed by atoms with Gasteiger partial charge in [0.2, 0.25) is 0 Å². The summed E-state index contributed by atoms with van der Waals surface area (Å²) in [7, 11) is 63.8. The van der Waals surface area contributed by atoms with Crippen LogP contribution in [0.4, 0.5) is 0 Å². The summed E-state index contributed by atoms with van der Waals surface area (Å²) < 4.78 is 7.47. The maximum Gasteiger partial charge on any atom is 0.145 e. The molecule has 326 valence electrons. The maximum atomic E-state index is 7.47. The molecule has 0 bridgehead atoms. The molecule has 1 heterocycles. The summed E-state index contributed by atoms with van der Waals surface area (Å²) in [6.45, 7) is 0. The van der Waals surface area contributed by atoms with E-state index in [2.05, 4.69) is 218 Å². The summed E-state index contributed by atoms with van der Waals surface area (Å²) in [5.41, 5.74) is 47.1. The first-order chi connectivity index (χ1) is 34.6. The molecule has 0 spiro atoms. The quantitative estimate of drug-likeness (QED) is 0.127. The zero-order chi connectivity index (χ0) is 54.4. The normalized spacial score (nSPS) is 11.9. The average Bonchev–Trinajstić information content (AvgIpc) is 3.81. The summed E-state index contributed by atoms with van der Waals surface area (Å²) in [4.78, 5) is 0. The van der Waals surface area contributed by atoms with Gasteiger partial charge in [0.25, 0.3) is 0 Å². The topological polar surface area (TPSA) is 13.1 Å². The Hall–Kier alpha value is -4.43. The molecule has 0 fully saturated rings. The highest BCUT2D eigenvalue weighted by Crippen LogP contribution is 2.41. The van der Waals surface area contributed by atoms with Gasteiger partial charge in [0.05, 0.1) is 0 Å². The van der Waals surface area contributed by atoms with Gasteiger partial charge < -0.3 is 4.42 Å². The van der Waals surface area contributed by atoms with Gasteiger partial charge in [0.1, 0.15) is 223 Å². The fourth-order valence-corrected chi connectivity index (χ4v) is 14.8. The lowest BCUT2D eigenvalue weighted by Gasteiger charge is -2.32. The molecular weight excluding hydrogens is 860 g/mol. The molecule has 0 aliphatic carbocycles. The van der Waals surface area contributed by atoms with Gasteiger partial charge in [-0.15, -0.1) is 54.6 Å². The Balaban J connectivity index is 1.44. The standard InChI is InChI=1S/C46H55B27O/c47-3-1-2(4-7-15(29(58)35(64)20(4)49)31(60)43(72)37(66)21(7)50)19(48)17-18-33(62)28(57)14(34(63)46(18)74-45(3)17)6-11-8(23(52)38(67)40(69)25(11)54)5(9-12(6)26(55)41(70)39(68)24(9)53)10-13-16(30(59)36(65)22(10)51)32(61)44(73)42(71)27(13)56/h1H,47-73H2. The first kappa shape index (κ1) is 53.0. The van der Waals surface area contributed by atoms with Gasteiger partial charge in [-0.1, -0.05) is 88.0 Å². The second-order valence-electron chi connectivity index (χ2n) is 23.9. The number of hydrogen-bond donors (Lipinski definition) is 0. The molecule has 0 radical (unpaired) electrons. The molecule has 9 aromatic carbocycles. The fourth-order valence-electron chi connectivity index (χ4n) is 14.8. The van der Waals surface area contributed by atoms with Crippen molar-refractivity contribution in [2.75, 3.05) is 0 Å². The van der Waals surface area contributed by atoms with E-state index in [0.29, 0.717) is 0 Å². The Labute approximate surface area is 465 Å². The number of benzene rings is 9. The zero-order valence-corrected chi connectivity index (χ0v) is 50.5. The van der Waals surface area contributed by atoms with Crippen LogP contribution in [0.5, 0.6) is 0 Å². The number of rotatable bonds is 3. The molecule has 0 aliphatic rings. The molecule has 10 aromatic rings. The minimum Gasteiger partial charge on any atom is -0.457 e. The molecule has 1 aromatic heterocycles. The average molecular weight is 916 g/mol. The molecule has 10 rings (SSSR count). The Kier molecular flexibility index (Phi) is 12.8. The summed E-state index contributed by atoms with van der Waals surface area (Å²) in [6.07, 6.45) is 0. The Morgan fingerprint density at radius 2 is 0.419 bits per heavy atom. The molecule has 0 N–H and O–H groups in total. The van der Waals surface area contributed by atoms with Crippen molar-refractivity contribution < 1.29 is 4.42 Å². The van der Waals surface area contributed by atoms with Crippen LogP contribution in [-0.2, 0) is 0 Å². The van der Waals surface area contributed by atoms with Crippen molar-refractivity contribution in [3.8, 4) is 33.4 Å². The van der Waals surface area contributed by atoms with Crippen molar-refractivity contribution in [1.82, 2.24) is 0 Å². The van der Waals surface area contributed by atoms with Crippen LogP contribution in [0.2, 0.25) is 0 Å². The highest BCUT2D eigenvalue weighted by molar-refractivity contribution is 6.77. The summed E-state index contributed by atoms with van der Waals surface area (Å²) in [6, 6.07) is 2.44. The molecule has 0 atom stereocenters. The number of hydrogen-bond acceptors (Lipinski definition) is 1. The Bertz CT molecular complexity index is 4290. The third kappa shape index (κ3) is 6.69. The highest BCUT2D eigenvalue weighted by Gasteiger charge is 2.32. The van der Waals surface area contributed by atoms with Gasteiger partial charge in [-0.25, -0.2) is 0 Å². The van der Waals surface area contributed by atoms with E-state index in [1.165, 1.54) is 235 Å². The molecule has 0 saturated heterocycles. The van der Waals surface area contributed by atoms with Crippen LogP contribution in [0.15, 0.2) is 10.5 Å². The molecule has 0 amide bonds. The molecular formula is C46H55B27O. The van der Waals surface area contributed by atoms with E-state index in [1.54, 1.807) is 0 Å². The monoisotopic (exact) mass is 921 g/mol. The second-order valence-corrected chi connectivity index (χ2v) is 23.9. The van der Waals surface area contributed by atoms with Crippen LogP contribution in [0.25, 0.3) is 98.4 Å². The second kappa shape index (κ2) is 17.8. The van der Waals surface area contributed by atoms with E-state index in [-0.39, 0.29) is 0 Å². The van der Waals surface area contributed by atoms with Crippen molar-refractivity contribution in [3.05, 3.63) is 6.07 Å². The van der Waals surface area contributed by atoms with Crippen LogP contribution in [0.3, 0.4) is 0 Å². The largest absolute Gasteiger partial charge is 0.457 e. The molecule has 0 saturated carbocycles. The van der Waals surface area contributed by atoms with E-state index in [0.717, 1.165) is 11.2 Å². The van der Waals surface area contributed by atoms with Crippen LogP contribution in [-0.4, -0.2) is 212 Å². The molecule has 0 aliphatic heterocycles. The predicted molar refractivity (Wildman–Crippen MR) is 421 cm³/mol. The minimum atomic E-state index is 1.00. The first-order valence-corrected chi connectivity index (χ1v) is 27.5. The Morgan fingerprint density at radius 1 is 0.176 bits per heavy atom. The third-order valence-corrected chi connectivity index (χ3v) is 21.2. The van der Waals surface area contributed by atoms with E-state index in [9.17, 15) is 0 Å². The zero-order valence-electron chi connectivity index (χ0n) is 50.5. The lowest BCUT2D eigenvalue weighted by atomic mass is 9.56. The van der Waals surface area contributed by atoms with Crippen LogP contribution >= 0.6 is 0 Å². The van der Waals surface area contributed by atoms with Gasteiger partial charge in [-0.05, 0) is 87.4 Å². The fraction of sp³-hybridized carbons (Fsp3) is 0. The maximum absolute atomic E-state index is 7.47. The lowest BCUT2D eigenvalue weighted by molar-refractivity contribution is 0.674. The first-order valence-electron chi connectivity index (χ1n) is 27.5. The van der Waals surface area contributed by atoms with Crippen molar-refractivity contribution in [2.45, 2.75) is 0 Å². The van der Waals surface area contributed by atoms with Gasteiger partial charge >= 0.3 is 0 Å². The summed E-state index contributed by atoms with van der Waals surface area (Å²) in [5, 5.41) is 13.7. The van der Waals surface area contributed by atoms with Crippen molar-refractivity contribution in [2.24, 2.45) is 0 Å².